The first-order valence-corrected chi connectivity index (χ1v) is 11.1. The number of anilines is 1. The van der Waals surface area contributed by atoms with Crippen LogP contribution < -0.4 is 14.4 Å². The zero-order valence-corrected chi connectivity index (χ0v) is 20.2. The second kappa shape index (κ2) is 10.6. The van der Waals surface area contributed by atoms with Gasteiger partial charge in [0.15, 0.2) is 6.61 Å². The van der Waals surface area contributed by atoms with Crippen molar-refractivity contribution in [3.8, 4) is 11.5 Å². The van der Waals surface area contributed by atoms with E-state index >= 15 is 0 Å². The Balaban J connectivity index is 1.92. The Hall–Kier alpha value is -3.55. The molecule has 0 spiro atoms. The van der Waals surface area contributed by atoms with E-state index < -0.39 is 36.1 Å². The fourth-order valence-corrected chi connectivity index (χ4v) is 3.98. The summed E-state index contributed by atoms with van der Waals surface area (Å²) in [4.78, 5) is 39.9. The second-order valence-electron chi connectivity index (χ2n) is 9.02. The predicted molar refractivity (Wildman–Crippen MR) is 126 cm³/mol. The normalized spacial score (nSPS) is 18.3. The van der Waals surface area contributed by atoms with E-state index in [1.807, 2.05) is 12.1 Å². The van der Waals surface area contributed by atoms with Gasteiger partial charge in [0.25, 0.3) is 0 Å². The number of benzene rings is 2. The third-order valence-corrected chi connectivity index (χ3v) is 5.46. The van der Waals surface area contributed by atoms with E-state index in [9.17, 15) is 14.4 Å². The molecule has 0 N–H and O–H groups in total. The summed E-state index contributed by atoms with van der Waals surface area (Å²) in [6.45, 7) is 4.74. The monoisotopic (exact) mass is 469 g/mol. The molecule has 2 aromatic rings. The van der Waals surface area contributed by atoms with E-state index in [2.05, 4.69) is 0 Å². The van der Waals surface area contributed by atoms with Gasteiger partial charge in [0.2, 0.25) is 5.91 Å². The van der Waals surface area contributed by atoms with E-state index in [0.29, 0.717) is 23.6 Å². The Kier molecular flexibility index (Phi) is 7.81. The third kappa shape index (κ3) is 6.07. The minimum Gasteiger partial charge on any atom is -0.497 e. The van der Waals surface area contributed by atoms with Crippen molar-refractivity contribution in [2.75, 3.05) is 25.7 Å². The molecule has 34 heavy (non-hydrogen) atoms. The van der Waals surface area contributed by atoms with Crippen LogP contribution in [0.15, 0.2) is 48.5 Å². The highest BCUT2D eigenvalue weighted by atomic mass is 16.6. The molecular weight excluding hydrogens is 438 g/mol. The summed E-state index contributed by atoms with van der Waals surface area (Å²) in [5.74, 6) is -0.648. The number of hydrogen-bond acceptors (Lipinski definition) is 7. The van der Waals surface area contributed by atoms with E-state index in [-0.39, 0.29) is 12.3 Å². The van der Waals surface area contributed by atoms with Gasteiger partial charge in [-0.2, -0.15) is 0 Å². The number of ether oxygens (including phenoxy) is 4. The van der Waals surface area contributed by atoms with Crippen molar-refractivity contribution in [3.63, 3.8) is 0 Å². The molecule has 1 saturated heterocycles. The van der Waals surface area contributed by atoms with Gasteiger partial charge >= 0.3 is 11.9 Å². The summed E-state index contributed by atoms with van der Waals surface area (Å²) < 4.78 is 21.1. The van der Waals surface area contributed by atoms with Gasteiger partial charge in [-0.25, -0.2) is 4.79 Å². The number of nitrogens with zero attached hydrogens (tertiary/aromatic N) is 1. The molecule has 8 nitrogen and oxygen atoms in total. The zero-order chi connectivity index (χ0) is 24.9. The molecule has 1 aliphatic rings. The molecular formula is C26H31NO7. The van der Waals surface area contributed by atoms with Gasteiger partial charge in [-0.3, -0.25) is 9.59 Å². The molecule has 0 bridgehead atoms. The SMILES string of the molecule is COc1ccc(C2C(C(=O)OCC(=O)OC(C)(C)C)CCC(=O)N2c2ccc(OC)cc2)cc1. The molecule has 3 rings (SSSR count). The lowest BCUT2D eigenvalue weighted by Gasteiger charge is -2.40. The van der Waals surface area contributed by atoms with E-state index in [0.717, 1.165) is 5.56 Å². The minimum atomic E-state index is -0.683. The number of carbonyl (C=O) groups is 3. The average molecular weight is 470 g/mol. The number of amides is 1. The quantitative estimate of drug-likeness (QED) is 0.565. The number of carbonyl (C=O) groups excluding carboxylic acids is 3. The van der Waals surface area contributed by atoms with Crippen LogP contribution in [0.2, 0.25) is 0 Å². The Morgan fingerprint density at radius 2 is 1.50 bits per heavy atom. The number of esters is 2. The Bertz CT molecular complexity index is 1010. The van der Waals surface area contributed by atoms with Gasteiger partial charge in [-0.1, -0.05) is 12.1 Å². The van der Waals surface area contributed by atoms with Gasteiger partial charge in [-0.15, -0.1) is 0 Å². The van der Waals surface area contributed by atoms with Crippen LogP contribution in [-0.2, 0) is 23.9 Å². The number of rotatable bonds is 7. The summed E-state index contributed by atoms with van der Waals surface area (Å²) in [7, 11) is 3.14. The van der Waals surface area contributed by atoms with Crippen LogP contribution in [0.25, 0.3) is 0 Å². The van der Waals surface area contributed by atoms with Crippen LogP contribution in [0.1, 0.15) is 45.2 Å². The van der Waals surface area contributed by atoms with Crippen molar-refractivity contribution in [1.82, 2.24) is 0 Å². The summed E-state index contributed by atoms with van der Waals surface area (Å²) in [6, 6.07) is 13.7. The molecule has 0 aliphatic carbocycles. The molecule has 1 fully saturated rings. The summed E-state index contributed by atoms with van der Waals surface area (Å²) in [6.07, 6.45) is 0.472. The molecule has 8 heteroatoms. The zero-order valence-electron chi connectivity index (χ0n) is 20.2. The molecule has 1 heterocycles. The lowest BCUT2D eigenvalue weighted by Crippen LogP contribution is -2.46. The van der Waals surface area contributed by atoms with E-state index in [1.54, 1.807) is 76.3 Å². The van der Waals surface area contributed by atoms with Crippen molar-refractivity contribution in [3.05, 3.63) is 54.1 Å². The van der Waals surface area contributed by atoms with Gasteiger partial charge in [-0.05, 0) is 69.2 Å². The number of methoxy groups -OCH3 is 2. The maximum atomic E-state index is 13.1. The van der Waals surface area contributed by atoms with E-state index in [4.69, 9.17) is 18.9 Å². The third-order valence-electron chi connectivity index (χ3n) is 5.46. The van der Waals surface area contributed by atoms with Gasteiger partial charge < -0.3 is 23.8 Å². The van der Waals surface area contributed by atoms with Crippen LogP contribution in [-0.4, -0.2) is 44.3 Å². The highest BCUT2D eigenvalue weighted by molar-refractivity contribution is 5.97. The minimum absolute atomic E-state index is 0.109. The molecule has 1 aliphatic heterocycles. The molecule has 2 atom stereocenters. The summed E-state index contributed by atoms with van der Waals surface area (Å²) >= 11 is 0. The number of piperidine rings is 1. The first-order chi connectivity index (χ1) is 16.1. The fourth-order valence-electron chi connectivity index (χ4n) is 3.98. The van der Waals surface area contributed by atoms with Crippen molar-refractivity contribution >= 4 is 23.5 Å². The second-order valence-corrected chi connectivity index (χ2v) is 9.02. The molecule has 2 unspecified atom stereocenters. The molecule has 2 aromatic carbocycles. The Labute approximate surface area is 199 Å². The predicted octanol–water partition coefficient (Wildman–Crippen LogP) is 4.07. The van der Waals surface area contributed by atoms with Crippen LogP contribution in [0.4, 0.5) is 5.69 Å². The lowest BCUT2D eigenvalue weighted by atomic mass is 9.83. The topological polar surface area (TPSA) is 91.4 Å². The summed E-state index contributed by atoms with van der Waals surface area (Å²) in [5.41, 5.74) is 0.706. The first-order valence-electron chi connectivity index (χ1n) is 11.1. The molecule has 0 aromatic heterocycles. The highest BCUT2D eigenvalue weighted by Crippen LogP contribution is 2.41. The Morgan fingerprint density at radius 1 is 0.941 bits per heavy atom. The summed E-state index contributed by atoms with van der Waals surface area (Å²) in [5, 5.41) is 0. The van der Waals surface area contributed by atoms with Crippen LogP contribution in [0.5, 0.6) is 11.5 Å². The smallest absolute Gasteiger partial charge is 0.344 e. The van der Waals surface area contributed by atoms with Crippen molar-refractivity contribution in [2.45, 2.75) is 45.3 Å². The first kappa shape index (κ1) is 25.1. The van der Waals surface area contributed by atoms with E-state index in [1.165, 1.54) is 0 Å². The number of hydrogen-bond donors (Lipinski definition) is 0. The molecule has 182 valence electrons. The van der Waals surface area contributed by atoms with Gasteiger partial charge in [0.05, 0.1) is 26.2 Å². The van der Waals surface area contributed by atoms with Crippen molar-refractivity contribution < 1.29 is 33.3 Å². The lowest BCUT2D eigenvalue weighted by molar-refractivity contribution is -0.169. The Morgan fingerprint density at radius 3 is 2.03 bits per heavy atom. The fraction of sp³-hybridized carbons (Fsp3) is 0.423. The molecule has 0 radical (unpaired) electrons. The maximum absolute atomic E-state index is 13.1. The van der Waals surface area contributed by atoms with Crippen molar-refractivity contribution in [1.29, 1.82) is 0 Å². The standard InChI is InChI=1S/C26H31NO7/c1-26(2,3)34-23(29)16-33-25(30)21-14-15-22(28)27(18-8-12-20(32-5)13-9-18)24(21)17-6-10-19(31-4)11-7-17/h6-13,21,24H,14-16H2,1-5H3. The van der Waals surface area contributed by atoms with Crippen LogP contribution in [0.3, 0.4) is 0 Å². The van der Waals surface area contributed by atoms with Gasteiger partial charge in [0, 0.05) is 12.1 Å². The average Bonchev–Trinajstić information content (AvgIpc) is 2.81. The molecule has 1 amide bonds. The molecule has 0 saturated carbocycles. The van der Waals surface area contributed by atoms with Crippen molar-refractivity contribution in [2.24, 2.45) is 5.92 Å². The highest BCUT2D eigenvalue weighted by Gasteiger charge is 2.42. The maximum Gasteiger partial charge on any atom is 0.344 e. The van der Waals surface area contributed by atoms with Crippen LogP contribution >= 0.6 is 0 Å². The van der Waals surface area contributed by atoms with Crippen LogP contribution in [0, 0.1) is 5.92 Å². The largest absolute Gasteiger partial charge is 0.497 e. The van der Waals surface area contributed by atoms with Gasteiger partial charge in [0.1, 0.15) is 17.1 Å².